The van der Waals surface area contributed by atoms with Gasteiger partial charge in [0.1, 0.15) is 5.71 Å². The van der Waals surface area contributed by atoms with E-state index in [1.54, 1.807) is 30.3 Å². The molecule has 0 amide bonds. The first kappa shape index (κ1) is 18.7. The highest BCUT2D eigenvalue weighted by Crippen LogP contribution is 2.51. The number of Topliss-reactive ketones (excluding diaryl/α,β-unsaturated/α-hetero) is 1. The van der Waals surface area contributed by atoms with E-state index in [-0.39, 0.29) is 21.7 Å². The fourth-order valence-corrected chi connectivity index (χ4v) is 4.41. The van der Waals surface area contributed by atoms with E-state index in [2.05, 4.69) is 4.40 Å². The fraction of sp³-hybridized carbons (Fsp3) is 0.125. The summed E-state index contributed by atoms with van der Waals surface area (Å²) in [6.07, 6.45) is 0. The molecule has 3 rings (SSSR count). The molecule has 0 aliphatic heterocycles. The average molecular weight is 437 g/mol. The molecule has 0 unspecified atom stereocenters. The minimum atomic E-state index is -4.15. The molecule has 0 aromatic heterocycles. The van der Waals surface area contributed by atoms with Gasteiger partial charge in [-0.25, -0.2) is 0 Å². The van der Waals surface area contributed by atoms with E-state index in [0.29, 0.717) is 0 Å². The second kappa shape index (κ2) is 6.25. The van der Waals surface area contributed by atoms with E-state index >= 15 is 0 Å². The number of ketones is 1. The Bertz CT molecular complexity index is 985. The molecule has 1 aliphatic rings. The van der Waals surface area contributed by atoms with Crippen molar-refractivity contribution in [2.24, 2.45) is 4.40 Å². The van der Waals surface area contributed by atoms with Crippen molar-refractivity contribution < 1.29 is 13.2 Å². The van der Waals surface area contributed by atoms with E-state index < -0.39 is 24.5 Å². The molecule has 130 valence electrons. The lowest BCUT2D eigenvalue weighted by Crippen LogP contribution is -2.53. The monoisotopic (exact) mass is 435 g/mol. The fourth-order valence-electron chi connectivity index (χ4n) is 2.39. The summed E-state index contributed by atoms with van der Waals surface area (Å²) in [5.41, 5.74) is -0.0553. The molecule has 0 heterocycles. The molecule has 0 saturated heterocycles. The number of alkyl halides is 4. The van der Waals surface area contributed by atoms with Crippen LogP contribution in [0.1, 0.15) is 15.9 Å². The van der Waals surface area contributed by atoms with Crippen LogP contribution in [0.3, 0.4) is 0 Å². The molecule has 1 aliphatic carbocycles. The number of halogens is 4. The van der Waals surface area contributed by atoms with Crippen molar-refractivity contribution >= 4 is 67.9 Å². The number of carbonyl (C=O) groups is 1. The first-order chi connectivity index (χ1) is 11.6. The number of hydrogen-bond acceptors (Lipinski definition) is 3. The van der Waals surface area contributed by atoms with Gasteiger partial charge in [-0.05, 0) is 12.1 Å². The van der Waals surface area contributed by atoms with Gasteiger partial charge in [-0.1, -0.05) is 88.9 Å². The van der Waals surface area contributed by atoms with Crippen LogP contribution in [0.25, 0.3) is 0 Å². The van der Waals surface area contributed by atoms with E-state index in [1.165, 1.54) is 24.3 Å². The molecule has 2 aromatic carbocycles. The second-order valence-corrected chi connectivity index (χ2v) is 9.51. The number of hydrogen-bond donors (Lipinski definition) is 0. The maximum absolute atomic E-state index is 12.6. The first-order valence-electron chi connectivity index (χ1n) is 6.89. The third-order valence-electron chi connectivity index (χ3n) is 3.66. The molecule has 0 saturated carbocycles. The van der Waals surface area contributed by atoms with Crippen LogP contribution in [0.4, 0.5) is 0 Å². The summed E-state index contributed by atoms with van der Waals surface area (Å²) in [4.78, 5) is 12.4. The van der Waals surface area contributed by atoms with Crippen LogP contribution >= 0.6 is 46.4 Å². The van der Waals surface area contributed by atoms with Crippen molar-refractivity contribution in [1.29, 1.82) is 0 Å². The van der Waals surface area contributed by atoms with Crippen molar-refractivity contribution in [1.82, 2.24) is 0 Å². The van der Waals surface area contributed by atoms with Gasteiger partial charge in [-0.2, -0.15) is 12.8 Å². The van der Waals surface area contributed by atoms with E-state index in [9.17, 15) is 13.2 Å². The Morgan fingerprint density at radius 3 is 1.88 bits per heavy atom. The molecule has 25 heavy (non-hydrogen) atoms. The number of carbonyl (C=O) groups excluding carboxylic acids is 1. The largest absolute Gasteiger partial charge is 0.291 e. The van der Waals surface area contributed by atoms with E-state index in [1.807, 2.05) is 0 Å². The highest BCUT2D eigenvalue weighted by atomic mass is 35.5. The van der Waals surface area contributed by atoms with Crippen molar-refractivity contribution in [3.05, 3.63) is 65.7 Å². The standard InChI is InChI=1S/C16H9Cl4NO3S/c17-15(18)13(21-25(23,24)10-6-2-1-3-7-10)11-8-4-5-9-12(11)14(22)16(15,19)20/h1-9H/b21-13+. The molecule has 4 nitrogen and oxygen atoms in total. The van der Waals surface area contributed by atoms with Crippen LogP contribution < -0.4 is 0 Å². The number of fused-ring (bicyclic) bond motifs is 1. The normalized spacial score (nSPS) is 20.3. The van der Waals surface area contributed by atoms with Crippen molar-refractivity contribution in [3.8, 4) is 0 Å². The summed E-state index contributed by atoms with van der Waals surface area (Å²) in [6.45, 7) is 0. The Hall–Kier alpha value is -1.11. The first-order valence-corrected chi connectivity index (χ1v) is 9.84. The zero-order valence-electron chi connectivity index (χ0n) is 12.3. The number of benzene rings is 2. The van der Waals surface area contributed by atoms with E-state index in [0.717, 1.165) is 0 Å². The quantitative estimate of drug-likeness (QED) is 0.655. The lowest BCUT2D eigenvalue weighted by Gasteiger charge is -2.37. The minimum absolute atomic E-state index is 0.0595. The zero-order valence-corrected chi connectivity index (χ0v) is 16.1. The third-order valence-corrected chi connectivity index (χ3v) is 7.17. The Balaban J connectivity index is 2.30. The molecule has 0 atom stereocenters. The maximum Gasteiger partial charge on any atom is 0.282 e. The van der Waals surface area contributed by atoms with Gasteiger partial charge in [0.25, 0.3) is 10.0 Å². The van der Waals surface area contributed by atoms with Crippen molar-refractivity contribution in [2.75, 3.05) is 0 Å². The van der Waals surface area contributed by atoms with Gasteiger partial charge < -0.3 is 0 Å². The van der Waals surface area contributed by atoms with Gasteiger partial charge in [0.05, 0.1) is 4.90 Å². The average Bonchev–Trinajstić information content (AvgIpc) is 2.58. The highest BCUT2D eigenvalue weighted by Gasteiger charge is 2.61. The summed E-state index contributed by atoms with van der Waals surface area (Å²) in [5, 5.41) is 0. The molecule has 0 bridgehead atoms. The number of nitrogens with zero attached hydrogens (tertiary/aromatic N) is 1. The van der Waals surface area contributed by atoms with Crippen LogP contribution in [-0.2, 0) is 10.0 Å². The molecule has 0 fully saturated rings. The summed E-state index contributed by atoms with van der Waals surface area (Å²) < 4.78 is 24.4. The van der Waals surface area contributed by atoms with Crippen molar-refractivity contribution in [3.63, 3.8) is 0 Å². The van der Waals surface area contributed by atoms with Crippen LogP contribution in [0.5, 0.6) is 0 Å². The lowest BCUT2D eigenvalue weighted by atomic mass is 9.87. The molecule has 2 aromatic rings. The molecular formula is C16H9Cl4NO3S. The van der Waals surface area contributed by atoms with E-state index in [4.69, 9.17) is 46.4 Å². The Kier molecular flexibility index (Phi) is 4.67. The van der Waals surface area contributed by atoms with Gasteiger partial charge >= 0.3 is 0 Å². The zero-order chi connectivity index (χ0) is 18.5. The summed E-state index contributed by atoms with van der Waals surface area (Å²) in [5.74, 6) is -0.729. The van der Waals surface area contributed by atoms with Crippen LogP contribution in [-0.4, -0.2) is 28.6 Å². The Morgan fingerprint density at radius 1 is 0.760 bits per heavy atom. The van der Waals surface area contributed by atoms with Gasteiger partial charge in [0, 0.05) is 11.1 Å². The van der Waals surface area contributed by atoms with Gasteiger partial charge in [-0.3, -0.25) is 4.79 Å². The van der Waals surface area contributed by atoms with Gasteiger partial charge in [-0.15, -0.1) is 0 Å². The molecule has 0 spiro atoms. The van der Waals surface area contributed by atoms with Crippen LogP contribution in [0.2, 0.25) is 0 Å². The minimum Gasteiger partial charge on any atom is -0.291 e. The third kappa shape index (κ3) is 2.98. The molecule has 0 N–H and O–H groups in total. The van der Waals surface area contributed by atoms with Crippen LogP contribution in [0.15, 0.2) is 63.9 Å². The topological polar surface area (TPSA) is 63.6 Å². The van der Waals surface area contributed by atoms with Crippen LogP contribution in [0, 0.1) is 0 Å². The Labute approximate surface area is 164 Å². The maximum atomic E-state index is 12.6. The smallest absolute Gasteiger partial charge is 0.282 e. The van der Waals surface area contributed by atoms with Gasteiger partial charge in [0.2, 0.25) is 14.4 Å². The molecular weight excluding hydrogens is 428 g/mol. The lowest BCUT2D eigenvalue weighted by molar-refractivity contribution is 0.0969. The van der Waals surface area contributed by atoms with Gasteiger partial charge in [0.15, 0.2) is 0 Å². The summed E-state index contributed by atoms with van der Waals surface area (Å²) in [7, 11) is -4.15. The molecule has 0 radical (unpaired) electrons. The highest BCUT2D eigenvalue weighted by molar-refractivity contribution is 7.90. The summed E-state index contributed by atoms with van der Waals surface area (Å²) in [6, 6.07) is 13.6. The summed E-state index contributed by atoms with van der Waals surface area (Å²) >= 11 is 24.6. The number of sulfonamides is 1. The predicted molar refractivity (Wildman–Crippen MR) is 99.8 cm³/mol. The number of rotatable bonds is 2. The second-order valence-electron chi connectivity index (χ2n) is 5.25. The van der Waals surface area contributed by atoms with Crippen molar-refractivity contribution in [2.45, 2.75) is 13.6 Å². The molecule has 9 heteroatoms. The SMILES string of the molecule is O=C1c2ccccc2/C(=N\S(=O)(=O)c2ccccc2)C(Cl)(Cl)C1(Cl)Cl. The Morgan fingerprint density at radius 2 is 1.28 bits per heavy atom. The predicted octanol–water partition coefficient (Wildman–Crippen LogP) is 4.41.